The van der Waals surface area contributed by atoms with Crippen LogP contribution in [0, 0.1) is 0 Å². The average molecular weight is 128 g/mol. The van der Waals surface area contributed by atoms with Crippen LogP contribution >= 0.6 is 0 Å². The van der Waals surface area contributed by atoms with E-state index in [-0.39, 0.29) is 5.97 Å². The summed E-state index contributed by atoms with van der Waals surface area (Å²) in [5, 5.41) is 0. The summed E-state index contributed by atoms with van der Waals surface area (Å²) >= 11 is 0. The third kappa shape index (κ3) is 2.90. The second kappa shape index (κ2) is 4.13. The summed E-state index contributed by atoms with van der Waals surface area (Å²) in [5.41, 5.74) is 0.664. The highest BCUT2D eigenvalue weighted by Crippen LogP contribution is 1.94. The highest BCUT2D eigenvalue weighted by molar-refractivity contribution is 5.87. The molecule has 0 spiro atoms. The van der Waals surface area contributed by atoms with Gasteiger partial charge in [0.25, 0.3) is 0 Å². The number of ether oxygens (including phenoxy) is 1. The molecule has 0 aromatic rings. The molecule has 0 aromatic heterocycles. The molecule has 0 radical (unpaired) electrons. The highest BCUT2D eigenvalue weighted by Gasteiger charge is 2.00. The molecule has 2 nitrogen and oxygen atoms in total. The monoisotopic (exact) mass is 128 g/mol. The van der Waals surface area contributed by atoms with Gasteiger partial charge in [-0.15, -0.1) is 0 Å². The van der Waals surface area contributed by atoms with Gasteiger partial charge in [-0.2, -0.15) is 0 Å². The zero-order chi connectivity index (χ0) is 7.28. The number of hydrogen-bond acceptors (Lipinski definition) is 2. The van der Waals surface area contributed by atoms with Crippen molar-refractivity contribution in [3.63, 3.8) is 0 Å². The summed E-state index contributed by atoms with van der Waals surface area (Å²) in [7, 11) is 0. The van der Waals surface area contributed by atoms with Crippen LogP contribution in [0.2, 0.25) is 0 Å². The molecule has 0 unspecified atom stereocenters. The van der Waals surface area contributed by atoms with Crippen molar-refractivity contribution >= 4 is 5.97 Å². The van der Waals surface area contributed by atoms with E-state index >= 15 is 0 Å². The Morgan fingerprint density at radius 2 is 2.22 bits per heavy atom. The van der Waals surface area contributed by atoms with Crippen LogP contribution in [0.15, 0.2) is 11.6 Å². The maximum absolute atomic E-state index is 10.7. The summed E-state index contributed by atoms with van der Waals surface area (Å²) in [6, 6.07) is 0. The molecule has 0 N–H and O–H groups in total. The van der Waals surface area contributed by atoms with Crippen LogP contribution in [0.25, 0.3) is 0 Å². The lowest BCUT2D eigenvalue weighted by Crippen LogP contribution is -2.04. The number of esters is 1. The van der Waals surface area contributed by atoms with E-state index in [2.05, 4.69) is 4.74 Å². The van der Waals surface area contributed by atoms with Crippen molar-refractivity contribution in [2.45, 2.75) is 20.8 Å². The number of allylic oxidation sites excluding steroid dienone is 1. The molecule has 0 aliphatic heterocycles. The summed E-state index contributed by atoms with van der Waals surface area (Å²) in [6.45, 7) is 5.79. The molecule has 0 saturated heterocycles. The van der Waals surface area contributed by atoms with Gasteiger partial charge in [0.2, 0.25) is 0 Å². The Labute approximate surface area is 55.5 Å². The third-order valence-corrected chi connectivity index (χ3v) is 1.03. The Balaban J connectivity index is 3.74. The first-order valence-corrected chi connectivity index (χ1v) is 3.02. The highest BCUT2D eigenvalue weighted by atomic mass is 16.5. The lowest BCUT2D eigenvalue weighted by Gasteiger charge is -1.98. The van der Waals surface area contributed by atoms with Gasteiger partial charge in [0.15, 0.2) is 0 Å². The van der Waals surface area contributed by atoms with Crippen molar-refractivity contribution in [3.05, 3.63) is 11.6 Å². The van der Waals surface area contributed by atoms with Gasteiger partial charge in [-0.3, -0.25) is 0 Å². The second-order valence-corrected chi connectivity index (χ2v) is 1.69. The minimum Gasteiger partial charge on any atom is -0.463 e. The molecule has 0 aliphatic rings. The molecule has 0 bridgehead atoms. The van der Waals surface area contributed by atoms with Crippen molar-refractivity contribution in [1.29, 1.82) is 0 Å². The minimum atomic E-state index is -0.222. The van der Waals surface area contributed by atoms with Crippen LogP contribution in [0.4, 0.5) is 0 Å². The van der Waals surface area contributed by atoms with Crippen molar-refractivity contribution in [3.8, 4) is 0 Å². The number of rotatable bonds is 2. The molecule has 0 aliphatic carbocycles. The molecule has 2 heteroatoms. The zero-order valence-corrected chi connectivity index (χ0v) is 6.10. The fourth-order valence-electron chi connectivity index (χ4n) is 0.363. The Morgan fingerprint density at radius 1 is 1.67 bits per heavy atom. The SMILES string of the molecule is C/C=C(/C)C(=O)OCC. The van der Waals surface area contributed by atoms with Crippen LogP contribution in [0.1, 0.15) is 20.8 Å². The van der Waals surface area contributed by atoms with Gasteiger partial charge in [0, 0.05) is 5.57 Å². The summed E-state index contributed by atoms with van der Waals surface area (Å²) < 4.78 is 4.69. The summed E-state index contributed by atoms with van der Waals surface area (Å²) in [5.74, 6) is -0.222. The summed E-state index contributed by atoms with van der Waals surface area (Å²) in [6.07, 6.45) is 1.73. The van der Waals surface area contributed by atoms with Crippen LogP contribution in [0.5, 0.6) is 0 Å². The Morgan fingerprint density at radius 3 is 2.56 bits per heavy atom. The lowest BCUT2D eigenvalue weighted by molar-refractivity contribution is -0.138. The van der Waals surface area contributed by atoms with Crippen LogP contribution < -0.4 is 0 Å². The van der Waals surface area contributed by atoms with Gasteiger partial charge in [-0.05, 0) is 20.8 Å². The van der Waals surface area contributed by atoms with E-state index in [4.69, 9.17) is 0 Å². The Bertz CT molecular complexity index is 125. The zero-order valence-electron chi connectivity index (χ0n) is 6.10. The molecule has 0 atom stereocenters. The molecule has 9 heavy (non-hydrogen) atoms. The van der Waals surface area contributed by atoms with Crippen molar-refractivity contribution < 1.29 is 9.53 Å². The lowest BCUT2D eigenvalue weighted by atomic mass is 10.3. The first kappa shape index (κ1) is 8.21. The van der Waals surface area contributed by atoms with Crippen molar-refractivity contribution in [1.82, 2.24) is 0 Å². The van der Waals surface area contributed by atoms with Gasteiger partial charge in [-0.1, -0.05) is 6.08 Å². The smallest absolute Gasteiger partial charge is 0.333 e. The van der Waals surface area contributed by atoms with Crippen molar-refractivity contribution in [2.24, 2.45) is 0 Å². The van der Waals surface area contributed by atoms with Crippen LogP contribution in [0.3, 0.4) is 0 Å². The molecule has 52 valence electrons. The topological polar surface area (TPSA) is 26.3 Å². The van der Waals surface area contributed by atoms with E-state index in [9.17, 15) is 4.79 Å². The predicted molar refractivity (Wildman–Crippen MR) is 36.1 cm³/mol. The number of hydrogen-bond donors (Lipinski definition) is 0. The maximum Gasteiger partial charge on any atom is 0.333 e. The van der Waals surface area contributed by atoms with Gasteiger partial charge >= 0.3 is 5.97 Å². The Hall–Kier alpha value is -0.790. The van der Waals surface area contributed by atoms with E-state index in [1.54, 1.807) is 19.9 Å². The van der Waals surface area contributed by atoms with E-state index in [1.165, 1.54) is 0 Å². The summed E-state index contributed by atoms with van der Waals surface area (Å²) in [4.78, 5) is 10.7. The first-order chi connectivity index (χ1) is 4.22. The minimum absolute atomic E-state index is 0.222. The average Bonchev–Trinajstić information content (AvgIpc) is 1.87. The quantitative estimate of drug-likeness (QED) is 0.416. The third-order valence-electron chi connectivity index (χ3n) is 1.03. The molecule has 0 saturated carbocycles. The largest absolute Gasteiger partial charge is 0.463 e. The Kier molecular flexibility index (Phi) is 3.76. The molecule has 0 rings (SSSR count). The molecular weight excluding hydrogens is 116 g/mol. The molecular formula is C7H12O2. The van der Waals surface area contributed by atoms with Gasteiger partial charge in [0.1, 0.15) is 0 Å². The second-order valence-electron chi connectivity index (χ2n) is 1.69. The molecule has 0 amide bonds. The molecule has 0 aromatic carbocycles. The van der Waals surface area contributed by atoms with E-state index < -0.39 is 0 Å². The fourth-order valence-corrected chi connectivity index (χ4v) is 0.363. The molecule has 0 heterocycles. The number of carbonyl (C=O) groups excluding carboxylic acids is 1. The molecule has 0 fully saturated rings. The normalized spacial score (nSPS) is 11.2. The van der Waals surface area contributed by atoms with Crippen LogP contribution in [-0.2, 0) is 9.53 Å². The van der Waals surface area contributed by atoms with E-state index in [0.29, 0.717) is 12.2 Å². The van der Waals surface area contributed by atoms with E-state index in [0.717, 1.165) is 0 Å². The number of carbonyl (C=O) groups is 1. The van der Waals surface area contributed by atoms with Gasteiger partial charge in [0.05, 0.1) is 6.61 Å². The van der Waals surface area contributed by atoms with Crippen molar-refractivity contribution in [2.75, 3.05) is 6.61 Å². The van der Waals surface area contributed by atoms with Crippen LogP contribution in [-0.4, -0.2) is 12.6 Å². The maximum atomic E-state index is 10.7. The van der Waals surface area contributed by atoms with E-state index in [1.807, 2.05) is 6.92 Å². The fraction of sp³-hybridized carbons (Fsp3) is 0.571. The predicted octanol–water partition coefficient (Wildman–Crippen LogP) is 1.52. The van der Waals surface area contributed by atoms with Gasteiger partial charge in [-0.25, -0.2) is 4.79 Å². The first-order valence-electron chi connectivity index (χ1n) is 3.02. The standard InChI is InChI=1S/C7H12O2/c1-4-6(3)7(8)9-5-2/h4H,5H2,1-3H3/b6-4-. The van der Waals surface area contributed by atoms with Gasteiger partial charge < -0.3 is 4.74 Å².